The van der Waals surface area contributed by atoms with E-state index in [1.54, 1.807) is 38.7 Å². The predicted molar refractivity (Wildman–Crippen MR) is 98.5 cm³/mol. The molecule has 0 saturated carbocycles. The molecule has 0 unspecified atom stereocenters. The quantitative estimate of drug-likeness (QED) is 0.623. The van der Waals surface area contributed by atoms with Crippen LogP contribution in [0.25, 0.3) is 0 Å². The molecule has 0 fully saturated rings. The zero-order chi connectivity index (χ0) is 18.7. The Hall–Kier alpha value is -2.32. The van der Waals surface area contributed by atoms with Crippen molar-refractivity contribution in [2.24, 2.45) is 0 Å². The van der Waals surface area contributed by atoms with Crippen molar-refractivity contribution in [1.29, 1.82) is 0 Å². The van der Waals surface area contributed by atoms with Gasteiger partial charge in [0.15, 0.2) is 0 Å². The summed E-state index contributed by atoms with van der Waals surface area (Å²) in [5, 5.41) is 16.8. The van der Waals surface area contributed by atoms with Gasteiger partial charge in [-0.05, 0) is 26.3 Å². The maximum absolute atomic E-state index is 12.2. The normalized spacial score (nSPS) is 11.1. The second kappa shape index (κ2) is 7.92. The average molecular weight is 396 g/mol. The van der Waals surface area contributed by atoms with E-state index in [1.165, 1.54) is 0 Å². The van der Waals surface area contributed by atoms with Gasteiger partial charge >= 0.3 is 0 Å². The van der Waals surface area contributed by atoms with Crippen molar-refractivity contribution < 1.29 is 4.79 Å². The molecule has 8 nitrogen and oxygen atoms in total. The van der Waals surface area contributed by atoms with Gasteiger partial charge in [0.1, 0.15) is 12.4 Å². The van der Waals surface area contributed by atoms with Crippen molar-refractivity contribution in [3.63, 3.8) is 0 Å². The number of hydrogen-bond acceptors (Lipinski definition) is 4. The van der Waals surface area contributed by atoms with Crippen LogP contribution in [0.5, 0.6) is 0 Å². The van der Waals surface area contributed by atoms with Gasteiger partial charge in [0.05, 0.1) is 27.6 Å². The van der Waals surface area contributed by atoms with Gasteiger partial charge in [-0.1, -0.05) is 23.2 Å². The minimum atomic E-state index is -0.214. The van der Waals surface area contributed by atoms with Crippen molar-refractivity contribution in [1.82, 2.24) is 34.7 Å². The van der Waals surface area contributed by atoms with E-state index >= 15 is 0 Å². The summed E-state index contributed by atoms with van der Waals surface area (Å²) in [5.74, 6) is -0.214. The van der Waals surface area contributed by atoms with Crippen LogP contribution in [0.2, 0.25) is 10.0 Å². The van der Waals surface area contributed by atoms with Crippen LogP contribution in [0.1, 0.15) is 28.3 Å². The van der Waals surface area contributed by atoms with Crippen LogP contribution in [0.15, 0.2) is 24.7 Å². The predicted octanol–water partition coefficient (Wildman–Crippen LogP) is 2.53. The fourth-order valence-corrected chi connectivity index (χ4v) is 2.80. The second-order valence-electron chi connectivity index (χ2n) is 5.90. The van der Waals surface area contributed by atoms with E-state index in [-0.39, 0.29) is 5.91 Å². The fourth-order valence-electron chi connectivity index (χ4n) is 2.51. The Labute approximate surface area is 160 Å². The van der Waals surface area contributed by atoms with E-state index in [9.17, 15) is 4.79 Å². The maximum atomic E-state index is 12.2. The number of aryl methyl sites for hydroxylation is 2. The molecule has 1 N–H and O–H groups in total. The van der Waals surface area contributed by atoms with Gasteiger partial charge in [0.2, 0.25) is 0 Å². The van der Waals surface area contributed by atoms with Gasteiger partial charge in [-0.15, -0.1) is 0 Å². The highest BCUT2D eigenvalue weighted by molar-refractivity contribution is 6.31. The topological polar surface area (TPSA) is 82.6 Å². The number of nitrogens with zero attached hydrogens (tertiary/aromatic N) is 6. The fraction of sp³-hybridized carbons (Fsp3) is 0.375. The summed E-state index contributed by atoms with van der Waals surface area (Å²) in [6, 6.07) is 1.68. The Bertz CT molecular complexity index is 912. The molecule has 0 aromatic carbocycles. The molecule has 0 bridgehead atoms. The molecule has 0 spiro atoms. The molecule has 3 aromatic rings. The highest BCUT2D eigenvalue weighted by Crippen LogP contribution is 2.18. The van der Waals surface area contributed by atoms with E-state index < -0.39 is 0 Å². The molecule has 26 heavy (non-hydrogen) atoms. The van der Waals surface area contributed by atoms with Gasteiger partial charge in [-0.25, -0.2) is 4.68 Å². The molecular formula is C16H19Cl2N7O. The number of carbonyl (C=O) groups excluding carboxylic acids is 1. The van der Waals surface area contributed by atoms with Gasteiger partial charge in [0, 0.05) is 25.5 Å². The van der Waals surface area contributed by atoms with Crippen LogP contribution in [0.4, 0.5) is 0 Å². The molecule has 1 amide bonds. The summed E-state index contributed by atoms with van der Waals surface area (Å²) < 4.78 is 5.14. The SMILES string of the molecule is Cc1nn(Cn2ccc(C(=O)NCCCn3cc(Cl)cn3)n2)c(C)c1Cl. The molecule has 0 radical (unpaired) electrons. The zero-order valence-corrected chi connectivity index (χ0v) is 16.0. The van der Waals surface area contributed by atoms with Crippen molar-refractivity contribution in [3.8, 4) is 0 Å². The Balaban J connectivity index is 1.50. The van der Waals surface area contributed by atoms with E-state index in [0.29, 0.717) is 35.5 Å². The van der Waals surface area contributed by atoms with E-state index in [1.807, 2.05) is 13.8 Å². The van der Waals surface area contributed by atoms with Crippen molar-refractivity contribution in [3.05, 3.63) is 51.8 Å². The van der Waals surface area contributed by atoms with Crippen LogP contribution < -0.4 is 5.32 Å². The maximum Gasteiger partial charge on any atom is 0.271 e. The van der Waals surface area contributed by atoms with Crippen molar-refractivity contribution >= 4 is 29.1 Å². The lowest BCUT2D eigenvalue weighted by Crippen LogP contribution is -2.26. The standard InChI is InChI=1S/C16H19Cl2N7O/c1-11-15(18)12(2)25(21-11)10-24-7-4-14(22-24)16(26)19-5-3-6-23-9-13(17)8-20-23/h4,7-9H,3,5-6,10H2,1-2H3,(H,19,26). The summed E-state index contributed by atoms with van der Waals surface area (Å²) >= 11 is 12.0. The van der Waals surface area contributed by atoms with Crippen molar-refractivity contribution in [2.45, 2.75) is 33.5 Å². The van der Waals surface area contributed by atoms with Gasteiger partial charge in [-0.2, -0.15) is 15.3 Å². The minimum absolute atomic E-state index is 0.214. The molecule has 0 saturated heterocycles. The monoisotopic (exact) mass is 395 g/mol. The van der Waals surface area contributed by atoms with Gasteiger partial charge in [0.25, 0.3) is 5.91 Å². The molecule has 10 heteroatoms. The van der Waals surface area contributed by atoms with Crippen LogP contribution >= 0.6 is 23.2 Å². The largest absolute Gasteiger partial charge is 0.351 e. The lowest BCUT2D eigenvalue weighted by molar-refractivity contribution is 0.0946. The summed E-state index contributed by atoms with van der Waals surface area (Å²) in [7, 11) is 0. The van der Waals surface area contributed by atoms with Crippen LogP contribution in [0.3, 0.4) is 0 Å². The number of carbonyl (C=O) groups is 1. The lowest BCUT2D eigenvalue weighted by atomic mass is 10.3. The number of hydrogen-bond donors (Lipinski definition) is 1. The summed E-state index contributed by atoms with van der Waals surface area (Å²) in [6.07, 6.45) is 5.82. The summed E-state index contributed by atoms with van der Waals surface area (Å²) in [6.45, 7) is 5.35. The Morgan fingerprint density at radius 2 is 2.04 bits per heavy atom. The molecule has 0 aliphatic heterocycles. The number of amides is 1. The lowest BCUT2D eigenvalue weighted by Gasteiger charge is -2.05. The van der Waals surface area contributed by atoms with Crippen LogP contribution in [-0.2, 0) is 13.2 Å². The van der Waals surface area contributed by atoms with E-state index in [4.69, 9.17) is 23.2 Å². The number of aromatic nitrogens is 6. The van der Waals surface area contributed by atoms with Gasteiger partial charge < -0.3 is 5.32 Å². The number of rotatable bonds is 7. The Morgan fingerprint density at radius 3 is 2.69 bits per heavy atom. The molecule has 0 aliphatic rings. The Morgan fingerprint density at radius 1 is 1.23 bits per heavy atom. The average Bonchev–Trinajstić information content (AvgIpc) is 3.30. The third-order valence-corrected chi connectivity index (χ3v) is 4.64. The van der Waals surface area contributed by atoms with Crippen LogP contribution in [0, 0.1) is 13.8 Å². The highest BCUT2D eigenvalue weighted by Gasteiger charge is 2.12. The highest BCUT2D eigenvalue weighted by atomic mass is 35.5. The number of nitrogens with one attached hydrogen (secondary N) is 1. The smallest absolute Gasteiger partial charge is 0.271 e. The van der Waals surface area contributed by atoms with Gasteiger partial charge in [-0.3, -0.25) is 14.2 Å². The van der Waals surface area contributed by atoms with E-state index in [2.05, 4.69) is 20.6 Å². The molecule has 3 rings (SSSR count). The number of halogens is 2. The van der Waals surface area contributed by atoms with E-state index in [0.717, 1.165) is 17.8 Å². The first-order valence-electron chi connectivity index (χ1n) is 8.13. The third kappa shape index (κ3) is 4.25. The van der Waals surface area contributed by atoms with Crippen molar-refractivity contribution in [2.75, 3.05) is 6.54 Å². The first kappa shape index (κ1) is 18.5. The second-order valence-corrected chi connectivity index (χ2v) is 6.71. The molecule has 3 aromatic heterocycles. The third-order valence-electron chi connectivity index (χ3n) is 3.90. The Kier molecular flexibility index (Phi) is 5.63. The zero-order valence-electron chi connectivity index (χ0n) is 14.5. The first-order chi connectivity index (χ1) is 12.4. The molecule has 0 atom stereocenters. The first-order valence-corrected chi connectivity index (χ1v) is 8.89. The minimum Gasteiger partial charge on any atom is -0.351 e. The van der Waals surface area contributed by atoms with Crippen LogP contribution in [-0.4, -0.2) is 41.8 Å². The molecule has 0 aliphatic carbocycles. The molecule has 3 heterocycles. The molecule has 138 valence electrons. The summed E-state index contributed by atoms with van der Waals surface area (Å²) in [4.78, 5) is 12.2. The molecular weight excluding hydrogens is 377 g/mol. The summed E-state index contributed by atoms with van der Waals surface area (Å²) in [5.41, 5.74) is 2.00.